The summed E-state index contributed by atoms with van der Waals surface area (Å²) in [6.45, 7) is 3.96. The lowest BCUT2D eigenvalue weighted by atomic mass is 9.85. The van der Waals surface area contributed by atoms with Gasteiger partial charge in [0.05, 0.1) is 19.1 Å². The predicted molar refractivity (Wildman–Crippen MR) is 113 cm³/mol. The molecule has 0 aromatic heterocycles. The Balaban J connectivity index is 2.26. The third-order valence-corrected chi connectivity index (χ3v) is 6.09. The molecule has 0 aliphatic carbocycles. The van der Waals surface area contributed by atoms with Crippen LogP contribution in [0.5, 0.6) is 0 Å². The molecule has 0 radical (unpaired) electrons. The first kappa shape index (κ1) is 28.2. The van der Waals surface area contributed by atoms with Crippen LogP contribution >= 0.6 is 0 Å². The topological polar surface area (TPSA) is 161 Å². The van der Waals surface area contributed by atoms with Gasteiger partial charge in [-0.15, -0.1) is 0 Å². The molecule has 1 unspecified atom stereocenters. The average Bonchev–Trinajstić information content (AvgIpc) is 3.33. The molecule has 2 aliphatic rings. The number of alkyl halides is 3. The number of nitrogens with one attached hydrogen (secondary N) is 3. The highest BCUT2D eigenvalue weighted by molar-refractivity contribution is 5.92. The number of hydrogen-bond donors (Lipinski definition) is 4. The molecule has 2 saturated heterocycles. The van der Waals surface area contributed by atoms with Crippen molar-refractivity contribution in [3.05, 3.63) is 0 Å². The Labute approximate surface area is 200 Å². The lowest BCUT2D eigenvalue weighted by molar-refractivity contribution is -0.171. The fourth-order valence-electron chi connectivity index (χ4n) is 4.17. The maximum atomic E-state index is 13.5. The Kier molecular flexibility index (Phi) is 8.59. The first-order valence-corrected chi connectivity index (χ1v) is 11.0. The number of nitriles is 1. The zero-order valence-corrected chi connectivity index (χ0v) is 19.8. The predicted octanol–water partition coefficient (Wildman–Crippen LogP) is 0.389. The van der Waals surface area contributed by atoms with E-state index in [0.29, 0.717) is 0 Å². The van der Waals surface area contributed by atoms with Gasteiger partial charge in [0.1, 0.15) is 24.4 Å². The fourth-order valence-corrected chi connectivity index (χ4v) is 4.17. The van der Waals surface area contributed by atoms with Crippen molar-refractivity contribution in [3.63, 3.8) is 0 Å². The SMILES string of the molecule is COC(=O)N[C@H](C(=O)N1C[C@H](C(F)(F)F)C[C@H]1C(=O)N[C@H](C#N)C[C@@H]1CC(O)NC1=O)C(C)(C)C. The summed E-state index contributed by atoms with van der Waals surface area (Å²) in [5.74, 6) is -5.16. The zero-order chi connectivity index (χ0) is 26.7. The molecule has 196 valence electrons. The highest BCUT2D eigenvalue weighted by Gasteiger charge is 2.53. The number of nitrogens with zero attached hydrogens (tertiary/aromatic N) is 2. The summed E-state index contributed by atoms with van der Waals surface area (Å²) in [6, 6.07) is -2.30. The number of likely N-dealkylation sites (tertiary alicyclic amines) is 1. The van der Waals surface area contributed by atoms with Crippen LogP contribution in [-0.4, -0.2) is 78.0 Å². The molecule has 6 atom stereocenters. The molecule has 0 aromatic rings. The number of carbonyl (C=O) groups is 4. The van der Waals surface area contributed by atoms with Gasteiger partial charge in [0.2, 0.25) is 17.7 Å². The van der Waals surface area contributed by atoms with Crippen LogP contribution in [0.2, 0.25) is 0 Å². The van der Waals surface area contributed by atoms with E-state index in [4.69, 9.17) is 0 Å². The van der Waals surface area contributed by atoms with E-state index < -0.39 is 84.6 Å². The van der Waals surface area contributed by atoms with E-state index in [1.54, 1.807) is 26.8 Å². The monoisotopic (exact) mass is 505 g/mol. The number of carbonyl (C=O) groups excluding carboxylic acids is 4. The van der Waals surface area contributed by atoms with Gasteiger partial charge < -0.3 is 30.7 Å². The number of halogens is 3. The van der Waals surface area contributed by atoms with Crippen LogP contribution in [-0.2, 0) is 19.1 Å². The van der Waals surface area contributed by atoms with Crippen LogP contribution in [0.25, 0.3) is 0 Å². The minimum absolute atomic E-state index is 0.0174. The van der Waals surface area contributed by atoms with Crippen molar-refractivity contribution in [2.75, 3.05) is 13.7 Å². The Bertz CT molecular complexity index is 884. The van der Waals surface area contributed by atoms with Crippen LogP contribution in [0.4, 0.5) is 18.0 Å². The van der Waals surface area contributed by atoms with Gasteiger partial charge in [0.15, 0.2) is 0 Å². The molecule has 2 fully saturated rings. The fraction of sp³-hybridized carbons (Fsp3) is 0.762. The maximum absolute atomic E-state index is 13.5. The summed E-state index contributed by atoms with van der Waals surface area (Å²) >= 11 is 0. The molecule has 4 amide bonds. The van der Waals surface area contributed by atoms with E-state index in [0.717, 1.165) is 12.0 Å². The van der Waals surface area contributed by atoms with E-state index in [9.17, 15) is 42.7 Å². The van der Waals surface area contributed by atoms with E-state index in [1.807, 2.05) is 0 Å². The number of aliphatic hydroxyl groups excluding tert-OH is 1. The van der Waals surface area contributed by atoms with Gasteiger partial charge in [0, 0.05) is 18.9 Å². The number of amides is 4. The van der Waals surface area contributed by atoms with Gasteiger partial charge in [0.25, 0.3) is 0 Å². The molecule has 2 rings (SSSR count). The van der Waals surface area contributed by atoms with Crippen molar-refractivity contribution in [3.8, 4) is 6.07 Å². The molecule has 0 bridgehead atoms. The number of aliphatic hydroxyl groups is 1. The van der Waals surface area contributed by atoms with Crippen LogP contribution < -0.4 is 16.0 Å². The van der Waals surface area contributed by atoms with E-state index in [-0.39, 0.29) is 12.8 Å². The minimum Gasteiger partial charge on any atom is -0.453 e. The second kappa shape index (κ2) is 10.7. The van der Waals surface area contributed by atoms with Gasteiger partial charge in [-0.3, -0.25) is 14.4 Å². The Morgan fingerprint density at radius 2 is 1.89 bits per heavy atom. The summed E-state index contributed by atoms with van der Waals surface area (Å²) in [5.41, 5.74) is -0.936. The maximum Gasteiger partial charge on any atom is 0.407 e. The van der Waals surface area contributed by atoms with Gasteiger partial charge in [-0.2, -0.15) is 18.4 Å². The van der Waals surface area contributed by atoms with Crippen molar-refractivity contribution in [2.45, 2.75) is 70.6 Å². The molecule has 4 N–H and O–H groups in total. The van der Waals surface area contributed by atoms with Crippen molar-refractivity contribution in [1.82, 2.24) is 20.9 Å². The van der Waals surface area contributed by atoms with Crippen LogP contribution in [0.3, 0.4) is 0 Å². The average molecular weight is 505 g/mol. The normalized spacial score (nSPS) is 26.4. The van der Waals surface area contributed by atoms with Crippen molar-refractivity contribution < 1.29 is 42.2 Å². The second-order valence-corrected chi connectivity index (χ2v) is 9.80. The first-order chi connectivity index (χ1) is 16.1. The lowest BCUT2D eigenvalue weighted by Crippen LogP contribution is -2.58. The van der Waals surface area contributed by atoms with Crippen molar-refractivity contribution in [2.24, 2.45) is 17.3 Å². The molecule has 11 nitrogen and oxygen atoms in total. The highest BCUT2D eigenvalue weighted by atomic mass is 19.4. The van der Waals surface area contributed by atoms with Crippen molar-refractivity contribution in [1.29, 1.82) is 5.26 Å². The largest absolute Gasteiger partial charge is 0.453 e. The molecule has 0 saturated carbocycles. The van der Waals surface area contributed by atoms with Gasteiger partial charge in [-0.25, -0.2) is 4.79 Å². The smallest absolute Gasteiger partial charge is 0.407 e. The second-order valence-electron chi connectivity index (χ2n) is 9.80. The summed E-state index contributed by atoms with van der Waals surface area (Å²) < 4.78 is 45.1. The number of alkyl carbamates (subject to hydrolysis) is 1. The van der Waals surface area contributed by atoms with Crippen LogP contribution in [0.1, 0.15) is 40.0 Å². The van der Waals surface area contributed by atoms with E-state index in [2.05, 4.69) is 20.7 Å². The van der Waals surface area contributed by atoms with Gasteiger partial charge >= 0.3 is 12.3 Å². The Morgan fingerprint density at radius 3 is 2.34 bits per heavy atom. The molecular weight excluding hydrogens is 475 g/mol. The summed E-state index contributed by atoms with van der Waals surface area (Å²) in [5, 5.41) is 25.9. The number of hydrogen-bond acceptors (Lipinski definition) is 7. The quantitative estimate of drug-likeness (QED) is 0.406. The van der Waals surface area contributed by atoms with Gasteiger partial charge in [-0.1, -0.05) is 20.8 Å². The highest BCUT2D eigenvalue weighted by Crippen LogP contribution is 2.38. The van der Waals surface area contributed by atoms with Crippen molar-refractivity contribution >= 4 is 23.8 Å². The third-order valence-electron chi connectivity index (χ3n) is 6.09. The number of ether oxygens (including phenoxy) is 1. The summed E-state index contributed by atoms with van der Waals surface area (Å²) in [4.78, 5) is 50.7. The standard InChI is InChI=1S/C21H30F3N5O6/c1-20(2,3)15(28-19(34)35-4)18(33)29-9-11(21(22,23)24)7-13(29)17(32)26-12(8-25)5-10-6-14(30)27-16(10)31/h10-15,30H,5-7,9H2,1-4H3,(H,26,32)(H,27,31)(H,28,34)/t10-,11-,12+,13+,14?,15-/m1/s1. The molecule has 2 heterocycles. The lowest BCUT2D eigenvalue weighted by Gasteiger charge is -2.35. The summed E-state index contributed by atoms with van der Waals surface area (Å²) in [6.07, 6.45) is -7.61. The summed E-state index contributed by atoms with van der Waals surface area (Å²) in [7, 11) is 1.07. The molecule has 0 spiro atoms. The first-order valence-electron chi connectivity index (χ1n) is 11.0. The van der Waals surface area contributed by atoms with Crippen LogP contribution in [0, 0.1) is 28.6 Å². The molecule has 14 heteroatoms. The Hall–Kier alpha value is -3.08. The van der Waals surface area contributed by atoms with Crippen LogP contribution in [0.15, 0.2) is 0 Å². The molecule has 0 aromatic carbocycles. The molecule has 2 aliphatic heterocycles. The van der Waals surface area contributed by atoms with E-state index in [1.165, 1.54) is 0 Å². The zero-order valence-electron chi connectivity index (χ0n) is 19.8. The minimum atomic E-state index is -4.69. The molecule has 35 heavy (non-hydrogen) atoms. The van der Waals surface area contributed by atoms with Gasteiger partial charge in [-0.05, 0) is 18.3 Å². The molecular formula is C21H30F3N5O6. The number of methoxy groups -OCH3 is 1. The Morgan fingerprint density at radius 1 is 1.26 bits per heavy atom. The number of rotatable bonds is 6. The third kappa shape index (κ3) is 6.97. The van der Waals surface area contributed by atoms with E-state index >= 15 is 0 Å².